The van der Waals surface area contributed by atoms with Gasteiger partial charge in [-0.2, -0.15) is 13.2 Å². The SMILES string of the molecule is COc1ccccc1C1=C(CN2C(=O)O[C@H](c3cc(C)cc(C(F)(F)F)c3)[C@@H]2C)CC(C)(C)CC1. The zero-order valence-electron chi connectivity index (χ0n) is 20.8. The van der Waals surface area contributed by atoms with Gasteiger partial charge in [-0.05, 0) is 73.4 Å². The molecule has 0 radical (unpaired) electrons. The Morgan fingerprint density at radius 2 is 1.89 bits per heavy atom. The summed E-state index contributed by atoms with van der Waals surface area (Å²) in [6.07, 6.45) is -3.06. The number of alkyl halides is 3. The topological polar surface area (TPSA) is 38.8 Å². The van der Waals surface area contributed by atoms with Gasteiger partial charge in [0.1, 0.15) is 11.9 Å². The highest BCUT2D eigenvalue weighted by Gasteiger charge is 2.42. The molecule has 4 rings (SSSR count). The Kier molecular flexibility index (Phi) is 6.64. The van der Waals surface area contributed by atoms with Crippen LogP contribution >= 0.6 is 0 Å². The van der Waals surface area contributed by atoms with Crippen LogP contribution in [0.5, 0.6) is 5.75 Å². The molecule has 7 heteroatoms. The largest absolute Gasteiger partial charge is 0.496 e. The number of hydrogen-bond acceptors (Lipinski definition) is 3. The van der Waals surface area contributed by atoms with Gasteiger partial charge in [0.15, 0.2) is 0 Å². The Labute approximate surface area is 204 Å². The maximum atomic E-state index is 13.4. The molecule has 188 valence electrons. The maximum absolute atomic E-state index is 13.4. The highest BCUT2D eigenvalue weighted by atomic mass is 19.4. The number of carbonyl (C=O) groups is 1. The van der Waals surface area contributed by atoms with Crippen molar-refractivity contribution in [3.8, 4) is 5.75 Å². The first kappa shape index (κ1) is 25.1. The minimum absolute atomic E-state index is 0.0747. The van der Waals surface area contributed by atoms with Crippen molar-refractivity contribution in [1.29, 1.82) is 0 Å². The van der Waals surface area contributed by atoms with Gasteiger partial charge in [0.2, 0.25) is 0 Å². The van der Waals surface area contributed by atoms with E-state index in [-0.39, 0.29) is 5.41 Å². The van der Waals surface area contributed by atoms with Crippen molar-refractivity contribution >= 4 is 11.7 Å². The number of ether oxygens (including phenoxy) is 2. The van der Waals surface area contributed by atoms with E-state index in [9.17, 15) is 18.0 Å². The van der Waals surface area contributed by atoms with E-state index in [1.54, 1.807) is 25.0 Å². The second-order valence-electron chi connectivity index (χ2n) is 10.4. The number of methoxy groups -OCH3 is 1. The van der Waals surface area contributed by atoms with Gasteiger partial charge in [0.25, 0.3) is 0 Å². The molecule has 0 bridgehead atoms. The van der Waals surface area contributed by atoms with E-state index in [1.165, 1.54) is 5.57 Å². The number of allylic oxidation sites excluding steroid dienone is 1. The van der Waals surface area contributed by atoms with Gasteiger partial charge in [0, 0.05) is 12.1 Å². The Morgan fingerprint density at radius 1 is 1.17 bits per heavy atom. The fourth-order valence-corrected chi connectivity index (χ4v) is 5.29. The highest BCUT2D eigenvalue weighted by molar-refractivity contribution is 5.76. The molecule has 2 aliphatic rings. The summed E-state index contributed by atoms with van der Waals surface area (Å²) in [5.74, 6) is 0.786. The molecule has 0 saturated carbocycles. The molecule has 1 amide bonds. The van der Waals surface area contributed by atoms with Crippen molar-refractivity contribution in [3.63, 3.8) is 0 Å². The Morgan fingerprint density at radius 3 is 2.57 bits per heavy atom. The number of cyclic esters (lactones) is 1. The van der Waals surface area contributed by atoms with Gasteiger partial charge in [-0.3, -0.25) is 4.90 Å². The number of rotatable bonds is 5. The highest BCUT2D eigenvalue weighted by Crippen LogP contribution is 2.46. The van der Waals surface area contributed by atoms with Crippen LogP contribution in [-0.4, -0.2) is 30.7 Å². The summed E-state index contributed by atoms with van der Waals surface area (Å²) in [5.41, 5.74) is 3.51. The van der Waals surface area contributed by atoms with Gasteiger partial charge < -0.3 is 9.47 Å². The number of carbonyl (C=O) groups excluding carboxylic acids is 1. The molecule has 1 aliphatic carbocycles. The molecule has 0 aromatic heterocycles. The fourth-order valence-electron chi connectivity index (χ4n) is 5.29. The Bertz CT molecular complexity index is 1150. The number of halogens is 3. The summed E-state index contributed by atoms with van der Waals surface area (Å²) in [5, 5.41) is 0. The first-order chi connectivity index (χ1) is 16.4. The molecule has 1 saturated heterocycles. The molecule has 1 aliphatic heterocycles. The molecule has 2 aromatic rings. The summed E-state index contributed by atoms with van der Waals surface area (Å²) < 4.78 is 51.4. The molecular weight excluding hydrogens is 455 g/mol. The van der Waals surface area contributed by atoms with Crippen LogP contribution in [0, 0.1) is 12.3 Å². The average Bonchev–Trinajstić information content (AvgIpc) is 3.06. The summed E-state index contributed by atoms with van der Waals surface area (Å²) in [6, 6.07) is 11.3. The number of aryl methyl sites for hydroxylation is 1. The third-order valence-corrected chi connectivity index (χ3v) is 7.11. The van der Waals surface area contributed by atoms with Gasteiger partial charge in [-0.15, -0.1) is 0 Å². The lowest BCUT2D eigenvalue weighted by atomic mass is 9.72. The number of amides is 1. The normalized spacial score (nSPS) is 22.4. The molecule has 35 heavy (non-hydrogen) atoms. The summed E-state index contributed by atoms with van der Waals surface area (Å²) in [4.78, 5) is 14.6. The third kappa shape index (κ3) is 5.19. The summed E-state index contributed by atoms with van der Waals surface area (Å²) >= 11 is 0. The van der Waals surface area contributed by atoms with Crippen molar-refractivity contribution in [2.45, 2.75) is 65.3 Å². The molecule has 0 N–H and O–H groups in total. The van der Waals surface area contributed by atoms with E-state index in [0.717, 1.165) is 48.3 Å². The number of benzene rings is 2. The lowest BCUT2D eigenvalue weighted by Gasteiger charge is -2.35. The van der Waals surface area contributed by atoms with Crippen molar-refractivity contribution in [2.75, 3.05) is 13.7 Å². The smallest absolute Gasteiger partial charge is 0.416 e. The van der Waals surface area contributed by atoms with E-state index in [0.29, 0.717) is 17.7 Å². The molecule has 2 atom stereocenters. The first-order valence-corrected chi connectivity index (χ1v) is 11.9. The van der Waals surface area contributed by atoms with Crippen LogP contribution in [0.3, 0.4) is 0 Å². The van der Waals surface area contributed by atoms with Crippen LogP contribution in [0.25, 0.3) is 5.57 Å². The number of hydrogen-bond donors (Lipinski definition) is 0. The van der Waals surface area contributed by atoms with Crippen LogP contribution in [0.1, 0.15) is 68.4 Å². The van der Waals surface area contributed by atoms with E-state index in [4.69, 9.17) is 9.47 Å². The van der Waals surface area contributed by atoms with Gasteiger partial charge in [0.05, 0.1) is 18.7 Å². The predicted molar refractivity (Wildman–Crippen MR) is 129 cm³/mol. The average molecular weight is 488 g/mol. The zero-order chi connectivity index (χ0) is 25.5. The second kappa shape index (κ2) is 9.25. The van der Waals surface area contributed by atoms with E-state index in [2.05, 4.69) is 13.8 Å². The van der Waals surface area contributed by atoms with Crippen molar-refractivity contribution in [3.05, 3.63) is 70.3 Å². The first-order valence-electron chi connectivity index (χ1n) is 11.9. The Hall–Kier alpha value is -2.96. The molecular formula is C28H32F3NO3. The second-order valence-corrected chi connectivity index (χ2v) is 10.4. The number of nitrogens with zero attached hydrogens (tertiary/aromatic N) is 1. The molecule has 4 nitrogen and oxygen atoms in total. The van der Waals surface area contributed by atoms with Gasteiger partial charge in [-0.1, -0.05) is 43.7 Å². The van der Waals surface area contributed by atoms with Crippen LogP contribution in [0.4, 0.5) is 18.0 Å². The quantitative estimate of drug-likeness (QED) is 0.437. The standard InChI is InChI=1S/C28H32F3NO3/c1-17-12-19(14-21(13-17)28(29,30)31)25-18(2)32(26(33)35-25)16-20-15-27(3,4)11-10-22(20)23-8-6-7-9-24(23)34-5/h6-9,12-14,18,25H,10-11,15-16H2,1-5H3/t18-,25-/m0/s1. The minimum Gasteiger partial charge on any atom is -0.496 e. The van der Waals surface area contributed by atoms with E-state index < -0.39 is 30.0 Å². The fraction of sp³-hybridized carbons (Fsp3) is 0.464. The zero-order valence-corrected chi connectivity index (χ0v) is 20.8. The molecule has 0 unspecified atom stereocenters. The lowest BCUT2D eigenvalue weighted by Crippen LogP contribution is -2.35. The Balaban J connectivity index is 1.68. The summed E-state index contributed by atoms with van der Waals surface area (Å²) in [7, 11) is 1.65. The molecule has 0 spiro atoms. The van der Waals surface area contributed by atoms with Crippen LogP contribution in [-0.2, 0) is 10.9 Å². The van der Waals surface area contributed by atoms with Gasteiger partial charge in [-0.25, -0.2) is 4.79 Å². The number of para-hydroxylation sites is 1. The minimum atomic E-state index is -4.46. The lowest BCUT2D eigenvalue weighted by molar-refractivity contribution is -0.137. The van der Waals surface area contributed by atoms with Crippen LogP contribution in [0.15, 0.2) is 48.0 Å². The third-order valence-electron chi connectivity index (χ3n) is 7.11. The molecule has 1 fully saturated rings. The predicted octanol–water partition coefficient (Wildman–Crippen LogP) is 7.57. The van der Waals surface area contributed by atoms with Crippen molar-refractivity contribution < 1.29 is 27.4 Å². The summed E-state index contributed by atoms with van der Waals surface area (Å²) in [6.45, 7) is 8.25. The van der Waals surface area contributed by atoms with Crippen LogP contribution in [0.2, 0.25) is 0 Å². The van der Waals surface area contributed by atoms with Crippen molar-refractivity contribution in [1.82, 2.24) is 4.90 Å². The monoisotopic (exact) mass is 487 g/mol. The molecule has 1 heterocycles. The molecule has 2 aromatic carbocycles. The van der Waals surface area contributed by atoms with Crippen LogP contribution < -0.4 is 4.74 Å². The maximum Gasteiger partial charge on any atom is 0.416 e. The van der Waals surface area contributed by atoms with E-state index >= 15 is 0 Å². The van der Waals surface area contributed by atoms with Gasteiger partial charge >= 0.3 is 12.3 Å². The van der Waals surface area contributed by atoms with E-state index in [1.807, 2.05) is 31.2 Å². The van der Waals surface area contributed by atoms with Crippen molar-refractivity contribution in [2.24, 2.45) is 5.41 Å².